The van der Waals surface area contributed by atoms with Crippen LogP contribution in [0.15, 0.2) is 102 Å². The number of nitrogens with zero attached hydrogens (tertiary/aromatic N) is 1. The fourth-order valence-electron chi connectivity index (χ4n) is 4.15. The van der Waals surface area contributed by atoms with Crippen molar-refractivity contribution >= 4 is 39.5 Å². The number of hydrogen-bond donors (Lipinski definition) is 2. The Kier molecular flexibility index (Phi) is 8.53. The van der Waals surface area contributed by atoms with Gasteiger partial charge in [0.05, 0.1) is 32.8 Å². The molecular weight excluding hydrogens is 562 g/mol. The Morgan fingerprint density at radius 3 is 1.83 bits per heavy atom. The summed E-state index contributed by atoms with van der Waals surface area (Å²) in [6.07, 6.45) is 0. The van der Waals surface area contributed by atoms with Crippen LogP contribution >= 0.6 is 0 Å². The molecule has 0 bridgehead atoms. The van der Waals surface area contributed by atoms with E-state index in [9.17, 15) is 37.8 Å². The summed E-state index contributed by atoms with van der Waals surface area (Å²) in [5.74, 6) is -5.17. The third kappa shape index (κ3) is 6.06. The first kappa shape index (κ1) is 29.7. The molecule has 0 aliphatic heterocycles. The first-order valence-electron chi connectivity index (χ1n) is 12.6. The van der Waals surface area contributed by atoms with Gasteiger partial charge >= 0.3 is 17.9 Å². The average Bonchev–Trinajstić information content (AvgIpc) is 2.97. The van der Waals surface area contributed by atoms with Crippen LogP contribution in [0, 0.1) is 0 Å². The molecule has 0 aromatic heterocycles. The van der Waals surface area contributed by atoms with E-state index in [4.69, 9.17) is 4.74 Å². The van der Waals surface area contributed by atoms with Gasteiger partial charge in [-0.25, -0.2) is 22.8 Å². The number of aromatic carboxylic acids is 2. The summed E-state index contributed by atoms with van der Waals surface area (Å²) in [4.78, 5) is 50.0. The van der Waals surface area contributed by atoms with E-state index in [0.29, 0.717) is 9.87 Å². The molecule has 42 heavy (non-hydrogen) atoms. The van der Waals surface area contributed by atoms with Crippen molar-refractivity contribution in [1.82, 2.24) is 0 Å². The van der Waals surface area contributed by atoms with E-state index in [0.717, 1.165) is 6.07 Å². The van der Waals surface area contributed by atoms with Crippen LogP contribution in [0.25, 0.3) is 0 Å². The Labute approximate surface area is 241 Å². The number of sulfonamides is 1. The third-order valence-electron chi connectivity index (χ3n) is 6.28. The van der Waals surface area contributed by atoms with Gasteiger partial charge in [0, 0.05) is 6.07 Å². The smallest absolute Gasteiger partial charge is 0.344 e. The molecule has 0 saturated heterocycles. The summed E-state index contributed by atoms with van der Waals surface area (Å²) in [6.45, 7) is 3.75. The maximum Gasteiger partial charge on any atom is 0.344 e. The molecule has 214 valence electrons. The standard InChI is InChI=1S/C31H25NO9S/c1-19(2)20-9-7-12-23(17-20)42(39,40)32(28(33)24-13-3-4-14-25(24)29(34)35)21-10-8-11-22(18-21)41-31(38)27-16-6-5-15-26(27)30(36)37/h3-19H,1-2H3,(H,34,35)(H,36,37). The molecule has 4 aromatic carbocycles. The van der Waals surface area contributed by atoms with Crippen molar-refractivity contribution in [2.75, 3.05) is 4.31 Å². The fourth-order valence-corrected chi connectivity index (χ4v) is 5.61. The van der Waals surface area contributed by atoms with Crippen LogP contribution in [0.3, 0.4) is 0 Å². The molecule has 2 N–H and O–H groups in total. The van der Waals surface area contributed by atoms with Crippen LogP contribution in [0.4, 0.5) is 5.69 Å². The lowest BCUT2D eigenvalue weighted by Crippen LogP contribution is -2.38. The van der Waals surface area contributed by atoms with E-state index in [1.54, 1.807) is 6.07 Å². The summed E-state index contributed by atoms with van der Waals surface area (Å²) in [5.41, 5.74) is -0.885. The summed E-state index contributed by atoms with van der Waals surface area (Å²) in [7, 11) is -4.64. The van der Waals surface area contributed by atoms with E-state index >= 15 is 0 Å². The molecule has 10 nitrogen and oxygen atoms in total. The Morgan fingerprint density at radius 1 is 0.690 bits per heavy atom. The molecule has 4 rings (SSSR count). The number of carbonyl (C=O) groups is 4. The van der Waals surface area contributed by atoms with E-state index < -0.39 is 39.4 Å². The maximum atomic E-state index is 14.1. The van der Waals surface area contributed by atoms with Gasteiger partial charge in [0.25, 0.3) is 15.9 Å². The highest BCUT2D eigenvalue weighted by Crippen LogP contribution is 2.31. The monoisotopic (exact) mass is 587 g/mol. The third-order valence-corrected chi connectivity index (χ3v) is 7.98. The van der Waals surface area contributed by atoms with Crippen molar-refractivity contribution in [3.8, 4) is 5.75 Å². The van der Waals surface area contributed by atoms with Crippen LogP contribution in [-0.4, -0.2) is 42.4 Å². The molecule has 0 aliphatic rings. The Morgan fingerprint density at radius 2 is 1.24 bits per heavy atom. The molecule has 0 saturated carbocycles. The van der Waals surface area contributed by atoms with Crippen LogP contribution in [-0.2, 0) is 10.0 Å². The zero-order valence-corrected chi connectivity index (χ0v) is 23.2. The normalized spacial score (nSPS) is 11.1. The van der Waals surface area contributed by atoms with Crippen LogP contribution < -0.4 is 9.04 Å². The molecule has 0 spiro atoms. The highest BCUT2D eigenvalue weighted by molar-refractivity contribution is 7.93. The van der Waals surface area contributed by atoms with Crippen molar-refractivity contribution in [3.63, 3.8) is 0 Å². The molecular formula is C31H25NO9S. The second kappa shape index (κ2) is 12.1. The van der Waals surface area contributed by atoms with Crippen molar-refractivity contribution in [3.05, 3.63) is 125 Å². The lowest BCUT2D eigenvalue weighted by atomic mass is 10.0. The molecule has 0 heterocycles. The number of benzene rings is 4. The van der Waals surface area contributed by atoms with Gasteiger partial charge in [0.2, 0.25) is 0 Å². The van der Waals surface area contributed by atoms with Crippen molar-refractivity contribution in [2.45, 2.75) is 24.7 Å². The largest absolute Gasteiger partial charge is 0.478 e. The van der Waals surface area contributed by atoms with Crippen molar-refractivity contribution in [2.24, 2.45) is 0 Å². The number of ether oxygens (including phenoxy) is 1. The van der Waals surface area contributed by atoms with E-state index in [2.05, 4.69) is 0 Å². The average molecular weight is 588 g/mol. The van der Waals surface area contributed by atoms with Gasteiger partial charge in [-0.1, -0.05) is 56.3 Å². The van der Waals surface area contributed by atoms with Gasteiger partial charge in [-0.3, -0.25) is 4.79 Å². The summed E-state index contributed by atoms with van der Waals surface area (Å²) >= 11 is 0. The minimum atomic E-state index is -4.64. The molecule has 0 unspecified atom stereocenters. The van der Waals surface area contributed by atoms with Crippen molar-refractivity contribution < 1.29 is 42.5 Å². The number of carbonyl (C=O) groups excluding carboxylic acids is 2. The number of hydrogen-bond acceptors (Lipinski definition) is 7. The second-order valence-electron chi connectivity index (χ2n) is 9.39. The highest BCUT2D eigenvalue weighted by atomic mass is 32.2. The maximum absolute atomic E-state index is 14.1. The van der Waals surface area contributed by atoms with Crippen LogP contribution in [0.5, 0.6) is 5.75 Å². The Hall–Kier alpha value is -5.29. The van der Waals surface area contributed by atoms with Gasteiger partial charge in [0.1, 0.15) is 5.75 Å². The molecule has 4 aromatic rings. The lowest BCUT2D eigenvalue weighted by molar-refractivity contribution is 0.0667. The van der Waals surface area contributed by atoms with Gasteiger partial charge in [0.15, 0.2) is 0 Å². The number of carboxylic acid groups (broad SMARTS) is 2. The molecule has 0 aliphatic carbocycles. The number of anilines is 1. The number of carboxylic acids is 2. The van der Waals surface area contributed by atoms with Crippen LogP contribution in [0.1, 0.15) is 66.8 Å². The summed E-state index contributed by atoms with van der Waals surface area (Å²) in [5, 5.41) is 19.1. The van der Waals surface area contributed by atoms with Gasteiger partial charge < -0.3 is 14.9 Å². The molecule has 0 fully saturated rings. The van der Waals surface area contributed by atoms with E-state index in [1.807, 2.05) is 13.8 Å². The SMILES string of the molecule is CC(C)c1cccc(S(=O)(=O)N(C(=O)c2ccccc2C(=O)O)c2cccc(OC(=O)c3ccccc3C(=O)O)c2)c1. The fraction of sp³-hybridized carbons (Fsp3) is 0.0968. The van der Waals surface area contributed by atoms with Gasteiger partial charge in [-0.15, -0.1) is 0 Å². The second-order valence-corrected chi connectivity index (χ2v) is 11.2. The van der Waals surface area contributed by atoms with Gasteiger partial charge in [-0.2, -0.15) is 4.31 Å². The highest BCUT2D eigenvalue weighted by Gasteiger charge is 2.34. The number of esters is 1. The zero-order chi connectivity index (χ0) is 30.6. The van der Waals surface area contributed by atoms with Crippen LogP contribution in [0.2, 0.25) is 0 Å². The quantitative estimate of drug-likeness (QED) is 0.192. The topological polar surface area (TPSA) is 155 Å². The molecule has 1 amide bonds. The first-order valence-corrected chi connectivity index (χ1v) is 14.0. The summed E-state index contributed by atoms with van der Waals surface area (Å²) < 4.78 is 34.0. The number of amides is 1. The molecule has 11 heteroatoms. The summed E-state index contributed by atoms with van der Waals surface area (Å²) in [6, 6.07) is 21.7. The minimum absolute atomic E-state index is 0.0338. The van der Waals surface area contributed by atoms with E-state index in [1.165, 1.54) is 84.9 Å². The number of rotatable bonds is 9. The Balaban J connectivity index is 1.85. The Bertz CT molecular complexity index is 1810. The lowest BCUT2D eigenvalue weighted by Gasteiger charge is -2.24. The first-order chi connectivity index (χ1) is 19.9. The zero-order valence-electron chi connectivity index (χ0n) is 22.4. The van der Waals surface area contributed by atoms with E-state index in [-0.39, 0.29) is 38.9 Å². The molecule has 0 radical (unpaired) electrons. The van der Waals surface area contributed by atoms with Gasteiger partial charge in [-0.05, 0) is 60.0 Å². The minimum Gasteiger partial charge on any atom is -0.478 e. The van der Waals surface area contributed by atoms with Crippen molar-refractivity contribution in [1.29, 1.82) is 0 Å². The predicted molar refractivity (Wildman–Crippen MR) is 153 cm³/mol. The molecule has 0 atom stereocenters. The predicted octanol–water partition coefficient (Wildman–Crippen LogP) is 5.46.